The van der Waals surface area contributed by atoms with E-state index in [4.69, 9.17) is 5.11 Å². The third kappa shape index (κ3) is 1.79. The van der Waals surface area contributed by atoms with Crippen molar-refractivity contribution in [2.75, 3.05) is 33.8 Å². The van der Waals surface area contributed by atoms with E-state index in [-0.39, 0.29) is 12.1 Å². The Morgan fingerprint density at radius 3 is 2.50 bits per heavy atom. The first-order valence-electron chi connectivity index (χ1n) is 4.49. The highest BCUT2D eigenvalue weighted by Gasteiger charge is 2.35. The Morgan fingerprint density at radius 2 is 2.00 bits per heavy atom. The zero-order valence-electron chi connectivity index (χ0n) is 8.54. The lowest BCUT2D eigenvalue weighted by molar-refractivity contribution is -0.0171. The second-order valence-corrected chi connectivity index (χ2v) is 4.46. The van der Waals surface area contributed by atoms with Gasteiger partial charge in [0.15, 0.2) is 0 Å². The van der Waals surface area contributed by atoms with Gasteiger partial charge in [-0.05, 0) is 27.9 Å². The van der Waals surface area contributed by atoms with E-state index in [2.05, 4.69) is 37.7 Å². The molecule has 0 aromatic rings. The summed E-state index contributed by atoms with van der Waals surface area (Å²) in [7, 11) is 4.20. The molecule has 1 saturated heterocycles. The molecule has 1 aliphatic heterocycles. The van der Waals surface area contributed by atoms with E-state index in [0.29, 0.717) is 6.04 Å². The molecule has 1 atom stereocenters. The Morgan fingerprint density at radius 1 is 1.42 bits per heavy atom. The van der Waals surface area contributed by atoms with E-state index in [0.717, 1.165) is 13.1 Å². The minimum absolute atomic E-state index is 0.181. The summed E-state index contributed by atoms with van der Waals surface area (Å²) in [6, 6.07) is 0.291. The Labute approximate surface area is 75.0 Å². The van der Waals surface area contributed by atoms with Crippen LogP contribution in [0.3, 0.4) is 0 Å². The number of likely N-dealkylation sites (N-methyl/N-ethyl adjacent to an activating group) is 2. The molecule has 0 spiro atoms. The third-order valence-electron chi connectivity index (χ3n) is 2.89. The highest BCUT2D eigenvalue weighted by atomic mass is 16.3. The largest absolute Gasteiger partial charge is 0.395 e. The van der Waals surface area contributed by atoms with Gasteiger partial charge in [0, 0.05) is 24.7 Å². The Hall–Kier alpha value is -0.120. The van der Waals surface area contributed by atoms with Crippen LogP contribution in [-0.2, 0) is 0 Å². The van der Waals surface area contributed by atoms with E-state index in [1.807, 2.05) is 0 Å². The standard InChI is InChI=1S/C9H20N2O/c1-9(2)7-10(3)5-8(6-12)11(9)4/h8,12H,5-7H2,1-4H3. The number of hydrogen-bond acceptors (Lipinski definition) is 3. The molecule has 1 N–H and O–H groups in total. The summed E-state index contributed by atoms with van der Waals surface area (Å²) in [6.45, 7) is 6.72. The van der Waals surface area contributed by atoms with Crippen LogP contribution >= 0.6 is 0 Å². The zero-order valence-corrected chi connectivity index (χ0v) is 8.54. The average Bonchev–Trinajstić information content (AvgIpc) is 1.96. The molecule has 0 saturated carbocycles. The predicted octanol–water partition coefficient (Wildman–Crippen LogP) is 0.00310. The van der Waals surface area contributed by atoms with E-state index in [1.54, 1.807) is 0 Å². The maximum atomic E-state index is 9.14. The van der Waals surface area contributed by atoms with E-state index < -0.39 is 0 Å². The van der Waals surface area contributed by atoms with Crippen LogP contribution in [0.5, 0.6) is 0 Å². The quantitative estimate of drug-likeness (QED) is 0.603. The second kappa shape index (κ2) is 3.32. The van der Waals surface area contributed by atoms with Crippen LogP contribution in [-0.4, -0.2) is 60.3 Å². The van der Waals surface area contributed by atoms with Crippen molar-refractivity contribution < 1.29 is 5.11 Å². The highest BCUT2D eigenvalue weighted by Crippen LogP contribution is 2.21. The van der Waals surface area contributed by atoms with E-state index >= 15 is 0 Å². The number of aliphatic hydroxyl groups excluding tert-OH is 1. The van der Waals surface area contributed by atoms with Gasteiger partial charge in [-0.25, -0.2) is 0 Å². The maximum Gasteiger partial charge on any atom is 0.0599 e. The summed E-state index contributed by atoms with van der Waals surface area (Å²) in [5.74, 6) is 0. The van der Waals surface area contributed by atoms with Gasteiger partial charge >= 0.3 is 0 Å². The second-order valence-electron chi connectivity index (χ2n) is 4.46. The summed E-state index contributed by atoms with van der Waals surface area (Å²) >= 11 is 0. The molecule has 72 valence electrons. The summed E-state index contributed by atoms with van der Waals surface area (Å²) < 4.78 is 0. The van der Waals surface area contributed by atoms with Gasteiger partial charge in [0.1, 0.15) is 0 Å². The van der Waals surface area contributed by atoms with Crippen LogP contribution in [0, 0.1) is 0 Å². The first-order valence-corrected chi connectivity index (χ1v) is 4.49. The Kier molecular flexibility index (Phi) is 2.76. The maximum absolute atomic E-state index is 9.14. The molecular weight excluding hydrogens is 152 g/mol. The summed E-state index contributed by atoms with van der Waals surface area (Å²) in [5, 5.41) is 9.14. The van der Waals surface area contributed by atoms with Crippen molar-refractivity contribution in [2.45, 2.75) is 25.4 Å². The van der Waals surface area contributed by atoms with Crippen LogP contribution in [0.15, 0.2) is 0 Å². The van der Waals surface area contributed by atoms with Gasteiger partial charge in [-0.3, -0.25) is 4.90 Å². The smallest absolute Gasteiger partial charge is 0.0599 e. The Balaban J connectivity index is 2.68. The van der Waals surface area contributed by atoms with Gasteiger partial charge in [0.05, 0.1) is 6.61 Å². The van der Waals surface area contributed by atoms with Crippen LogP contribution in [0.4, 0.5) is 0 Å². The third-order valence-corrected chi connectivity index (χ3v) is 2.89. The van der Waals surface area contributed by atoms with Crippen molar-refractivity contribution in [3.05, 3.63) is 0 Å². The average molecular weight is 172 g/mol. The minimum Gasteiger partial charge on any atom is -0.395 e. The van der Waals surface area contributed by atoms with Crippen molar-refractivity contribution in [1.29, 1.82) is 0 Å². The number of hydrogen-bond donors (Lipinski definition) is 1. The molecule has 0 bridgehead atoms. The van der Waals surface area contributed by atoms with Gasteiger partial charge in [-0.1, -0.05) is 0 Å². The molecule has 0 aromatic heterocycles. The van der Waals surface area contributed by atoms with Gasteiger partial charge < -0.3 is 10.0 Å². The monoisotopic (exact) mass is 172 g/mol. The predicted molar refractivity (Wildman–Crippen MR) is 50.2 cm³/mol. The molecule has 12 heavy (non-hydrogen) atoms. The molecule has 1 fully saturated rings. The number of nitrogens with zero attached hydrogens (tertiary/aromatic N) is 2. The molecule has 3 heteroatoms. The molecule has 1 rings (SSSR count). The topological polar surface area (TPSA) is 26.7 Å². The van der Waals surface area contributed by atoms with Crippen molar-refractivity contribution in [1.82, 2.24) is 9.80 Å². The summed E-state index contributed by atoms with van der Waals surface area (Å²) in [6.07, 6.45) is 0. The molecule has 1 unspecified atom stereocenters. The first kappa shape index (κ1) is 9.96. The van der Waals surface area contributed by atoms with Crippen LogP contribution in [0.1, 0.15) is 13.8 Å². The van der Waals surface area contributed by atoms with Gasteiger partial charge in [-0.15, -0.1) is 0 Å². The van der Waals surface area contributed by atoms with Crippen molar-refractivity contribution >= 4 is 0 Å². The van der Waals surface area contributed by atoms with Gasteiger partial charge in [0.25, 0.3) is 0 Å². The molecule has 0 amide bonds. The van der Waals surface area contributed by atoms with Crippen molar-refractivity contribution in [2.24, 2.45) is 0 Å². The fourth-order valence-corrected chi connectivity index (χ4v) is 1.99. The molecule has 0 aliphatic carbocycles. The normalized spacial score (nSPS) is 32.2. The van der Waals surface area contributed by atoms with Gasteiger partial charge in [0.2, 0.25) is 0 Å². The summed E-state index contributed by atoms with van der Waals surface area (Å²) in [5.41, 5.74) is 0.181. The lowest BCUT2D eigenvalue weighted by atomic mass is 9.96. The van der Waals surface area contributed by atoms with E-state index in [9.17, 15) is 0 Å². The molecular formula is C9H20N2O. The first-order chi connectivity index (χ1) is 5.47. The van der Waals surface area contributed by atoms with E-state index in [1.165, 1.54) is 0 Å². The minimum atomic E-state index is 0.181. The molecule has 3 nitrogen and oxygen atoms in total. The number of rotatable bonds is 1. The van der Waals surface area contributed by atoms with Crippen LogP contribution in [0.2, 0.25) is 0 Å². The number of aliphatic hydroxyl groups is 1. The van der Waals surface area contributed by atoms with Crippen LogP contribution in [0.25, 0.3) is 0 Å². The fraction of sp³-hybridized carbons (Fsp3) is 1.00. The van der Waals surface area contributed by atoms with Gasteiger partial charge in [-0.2, -0.15) is 0 Å². The highest BCUT2D eigenvalue weighted by molar-refractivity contribution is 4.92. The molecule has 1 heterocycles. The summed E-state index contributed by atoms with van der Waals surface area (Å²) in [4.78, 5) is 4.55. The SMILES string of the molecule is CN1CC(CO)N(C)C(C)(C)C1. The lowest BCUT2D eigenvalue weighted by Crippen LogP contribution is -2.62. The van der Waals surface area contributed by atoms with Crippen molar-refractivity contribution in [3.8, 4) is 0 Å². The molecule has 1 aliphatic rings. The Bertz CT molecular complexity index is 159. The lowest BCUT2D eigenvalue weighted by Gasteiger charge is -2.48. The fourth-order valence-electron chi connectivity index (χ4n) is 1.99. The zero-order chi connectivity index (χ0) is 9.35. The molecule has 0 aromatic carbocycles. The molecule has 0 radical (unpaired) electrons. The van der Waals surface area contributed by atoms with Crippen LogP contribution < -0.4 is 0 Å². The number of piperazine rings is 1. The van der Waals surface area contributed by atoms with Crippen molar-refractivity contribution in [3.63, 3.8) is 0 Å².